The van der Waals surface area contributed by atoms with Crippen LogP contribution in [0.2, 0.25) is 0 Å². The van der Waals surface area contributed by atoms with Gasteiger partial charge in [-0.2, -0.15) is 8.42 Å². The highest BCUT2D eigenvalue weighted by Gasteiger charge is 2.19. The van der Waals surface area contributed by atoms with Crippen molar-refractivity contribution in [2.24, 2.45) is 0 Å². The van der Waals surface area contributed by atoms with Crippen LogP contribution in [0.4, 0.5) is 5.69 Å². The third kappa shape index (κ3) is 4.79. The second-order valence-corrected chi connectivity index (χ2v) is 7.63. The average molecular weight is 432 g/mol. The normalized spacial score (nSPS) is 11.3. The van der Waals surface area contributed by atoms with Gasteiger partial charge in [0.1, 0.15) is 23.0 Å². The molecule has 0 unspecified atom stereocenters. The van der Waals surface area contributed by atoms with E-state index < -0.39 is 20.9 Å². The first-order chi connectivity index (χ1) is 14.3. The van der Waals surface area contributed by atoms with Gasteiger partial charge in [0.15, 0.2) is 0 Å². The van der Waals surface area contributed by atoms with E-state index >= 15 is 0 Å². The number of phenols is 1. The van der Waals surface area contributed by atoms with Crippen molar-refractivity contribution < 1.29 is 32.3 Å². The summed E-state index contributed by atoms with van der Waals surface area (Å²) in [5, 5.41) is 11.7. The second kappa shape index (κ2) is 8.99. The molecule has 158 valence electrons. The molecule has 0 atom stereocenters. The van der Waals surface area contributed by atoms with Crippen LogP contribution in [0.1, 0.15) is 10.4 Å². The highest BCUT2D eigenvalue weighted by atomic mass is 32.2. The third-order valence-corrected chi connectivity index (χ3v) is 5.11. The van der Waals surface area contributed by atoms with Gasteiger partial charge in [0.25, 0.3) is 16.0 Å². The Labute approximate surface area is 173 Å². The molecule has 0 saturated carbocycles. The van der Waals surface area contributed by atoms with Crippen LogP contribution in [0.5, 0.6) is 11.5 Å². The zero-order valence-electron chi connectivity index (χ0n) is 16.0. The molecule has 10 heteroatoms. The summed E-state index contributed by atoms with van der Waals surface area (Å²) in [6.07, 6.45) is 0. The molecular formula is C20H20N2O7S. The molecule has 0 saturated heterocycles. The molecule has 0 aliphatic heterocycles. The molecule has 3 aromatic rings. The number of hydrogen-bond donors (Lipinski definition) is 4. The van der Waals surface area contributed by atoms with E-state index in [1.165, 1.54) is 25.3 Å². The number of fused-ring (bicyclic) bond motifs is 1. The van der Waals surface area contributed by atoms with Crippen LogP contribution < -0.4 is 15.6 Å². The first kappa shape index (κ1) is 21.4. The number of hydrogen-bond acceptors (Lipinski definition) is 7. The van der Waals surface area contributed by atoms with Crippen LogP contribution in [0.25, 0.3) is 10.8 Å². The Morgan fingerprint density at radius 3 is 2.57 bits per heavy atom. The molecule has 0 heterocycles. The van der Waals surface area contributed by atoms with Gasteiger partial charge in [0.05, 0.1) is 17.9 Å². The predicted molar refractivity (Wildman–Crippen MR) is 110 cm³/mol. The largest absolute Gasteiger partial charge is 0.506 e. The molecule has 0 aromatic heterocycles. The molecule has 4 N–H and O–H groups in total. The first-order valence-electron chi connectivity index (χ1n) is 8.81. The van der Waals surface area contributed by atoms with Crippen LogP contribution in [0, 0.1) is 0 Å². The second-order valence-electron chi connectivity index (χ2n) is 6.24. The lowest BCUT2D eigenvalue weighted by Crippen LogP contribution is -2.29. The molecule has 0 fully saturated rings. The molecule has 9 nitrogen and oxygen atoms in total. The van der Waals surface area contributed by atoms with Gasteiger partial charge in [-0.15, -0.1) is 0 Å². The number of benzene rings is 3. The number of anilines is 1. The molecule has 0 aliphatic rings. The predicted octanol–water partition coefficient (Wildman–Crippen LogP) is 2.57. The molecule has 0 radical (unpaired) electrons. The monoisotopic (exact) mass is 432 g/mol. The number of phenolic OH excluding ortho intramolecular Hbond substituents is 1. The maximum Gasteiger partial charge on any atom is 0.298 e. The summed E-state index contributed by atoms with van der Waals surface area (Å²) in [6.45, 7) is 0.319. The van der Waals surface area contributed by atoms with E-state index in [0.29, 0.717) is 5.39 Å². The molecular weight excluding hydrogens is 412 g/mol. The Morgan fingerprint density at radius 2 is 1.83 bits per heavy atom. The summed E-state index contributed by atoms with van der Waals surface area (Å²) in [5.41, 5.74) is 5.16. The number of hydrazine groups is 1. The van der Waals surface area contributed by atoms with Crippen molar-refractivity contribution in [1.82, 2.24) is 5.43 Å². The van der Waals surface area contributed by atoms with Gasteiger partial charge in [-0.3, -0.25) is 20.2 Å². The van der Waals surface area contributed by atoms with E-state index in [0.717, 1.165) is 11.5 Å². The van der Waals surface area contributed by atoms with Crippen molar-refractivity contribution in [3.8, 4) is 11.5 Å². The highest BCUT2D eigenvalue weighted by Crippen LogP contribution is 2.29. The summed E-state index contributed by atoms with van der Waals surface area (Å²) in [7, 11) is -3.11. The molecule has 0 spiro atoms. The summed E-state index contributed by atoms with van der Waals surface area (Å²) < 4.78 is 42.9. The zero-order valence-corrected chi connectivity index (χ0v) is 16.8. The lowest BCUT2D eigenvalue weighted by Gasteiger charge is -2.14. The maximum atomic E-state index is 12.5. The first-order valence-corrected chi connectivity index (χ1v) is 10.3. The SMILES string of the molecule is COCCOc1ccc(NNC(=O)c2ccc3ccccc3c2O)cc1S(=O)(=O)O. The minimum Gasteiger partial charge on any atom is -0.506 e. The summed E-state index contributed by atoms with van der Waals surface area (Å²) >= 11 is 0. The van der Waals surface area contributed by atoms with Gasteiger partial charge < -0.3 is 14.6 Å². The van der Waals surface area contributed by atoms with Gasteiger partial charge in [-0.05, 0) is 29.7 Å². The van der Waals surface area contributed by atoms with Crippen LogP contribution in [0.15, 0.2) is 59.5 Å². The van der Waals surface area contributed by atoms with Crippen molar-refractivity contribution >= 4 is 32.5 Å². The van der Waals surface area contributed by atoms with Gasteiger partial charge >= 0.3 is 0 Å². The Balaban J connectivity index is 1.78. The molecule has 3 aromatic carbocycles. The fourth-order valence-corrected chi connectivity index (χ4v) is 3.43. The lowest BCUT2D eigenvalue weighted by atomic mass is 10.1. The van der Waals surface area contributed by atoms with E-state index in [1.54, 1.807) is 18.2 Å². The van der Waals surface area contributed by atoms with Crippen molar-refractivity contribution in [3.05, 3.63) is 60.2 Å². The smallest absolute Gasteiger partial charge is 0.298 e. The number of methoxy groups -OCH3 is 1. The van der Waals surface area contributed by atoms with Crippen LogP contribution in [-0.4, -0.2) is 44.3 Å². The summed E-state index contributed by atoms with van der Waals surface area (Å²) in [6, 6.07) is 14.1. The van der Waals surface area contributed by atoms with E-state index in [4.69, 9.17) is 9.47 Å². The number of aromatic hydroxyl groups is 1. The number of nitrogens with one attached hydrogen (secondary N) is 2. The van der Waals surface area contributed by atoms with Crippen molar-refractivity contribution in [2.75, 3.05) is 25.7 Å². The molecule has 1 amide bonds. The summed E-state index contributed by atoms with van der Waals surface area (Å²) in [4.78, 5) is 12.0. The molecule has 30 heavy (non-hydrogen) atoms. The number of carbonyl (C=O) groups is 1. The minimum absolute atomic E-state index is 0.0377. The average Bonchev–Trinajstić information content (AvgIpc) is 2.72. The van der Waals surface area contributed by atoms with Gasteiger partial charge in [-0.1, -0.05) is 30.3 Å². The third-order valence-electron chi connectivity index (χ3n) is 4.23. The molecule has 3 rings (SSSR count). The van der Waals surface area contributed by atoms with Crippen molar-refractivity contribution in [1.29, 1.82) is 0 Å². The number of carbonyl (C=O) groups excluding carboxylic acids is 1. The van der Waals surface area contributed by atoms with E-state index in [1.807, 2.05) is 12.1 Å². The number of amides is 1. The van der Waals surface area contributed by atoms with Crippen molar-refractivity contribution in [2.45, 2.75) is 4.90 Å². The standard InChI is InChI=1S/C20H20N2O7S/c1-28-10-11-29-17-9-7-14(12-18(17)30(25,26)27)21-22-20(24)16-8-6-13-4-2-3-5-15(13)19(16)23/h2-9,12,21,23H,10-11H2,1H3,(H,22,24)(H,25,26,27). The fraction of sp³-hybridized carbons (Fsp3) is 0.150. The Hall–Kier alpha value is -3.34. The van der Waals surface area contributed by atoms with Gasteiger partial charge in [0, 0.05) is 12.5 Å². The molecule has 0 bridgehead atoms. The van der Waals surface area contributed by atoms with E-state index in [2.05, 4.69) is 10.9 Å². The Bertz CT molecular complexity index is 1180. The topological polar surface area (TPSA) is 134 Å². The number of rotatable bonds is 8. The highest BCUT2D eigenvalue weighted by molar-refractivity contribution is 7.86. The summed E-state index contributed by atoms with van der Waals surface area (Å²) in [5.74, 6) is -0.862. The van der Waals surface area contributed by atoms with Crippen LogP contribution in [0.3, 0.4) is 0 Å². The minimum atomic E-state index is -4.57. The quantitative estimate of drug-likeness (QED) is 0.242. The zero-order chi connectivity index (χ0) is 21.7. The van der Waals surface area contributed by atoms with Crippen LogP contribution in [-0.2, 0) is 14.9 Å². The van der Waals surface area contributed by atoms with Gasteiger partial charge in [-0.25, -0.2) is 0 Å². The van der Waals surface area contributed by atoms with E-state index in [9.17, 15) is 22.9 Å². The Kier molecular flexibility index (Phi) is 6.40. The Morgan fingerprint density at radius 1 is 1.07 bits per heavy atom. The maximum absolute atomic E-state index is 12.5. The number of ether oxygens (including phenoxy) is 2. The molecule has 0 aliphatic carbocycles. The fourth-order valence-electron chi connectivity index (χ4n) is 2.78. The van der Waals surface area contributed by atoms with Gasteiger partial charge in [0.2, 0.25) is 0 Å². The van der Waals surface area contributed by atoms with Crippen LogP contribution >= 0.6 is 0 Å². The van der Waals surface area contributed by atoms with E-state index in [-0.39, 0.29) is 36.0 Å². The van der Waals surface area contributed by atoms with Crippen molar-refractivity contribution in [3.63, 3.8) is 0 Å². The lowest BCUT2D eigenvalue weighted by molar-refractivity contribution is 0.0960.